The van der Waals surface area contributed by atoms with E-state index in [1.807, 2.05) is 16.7 Å². The molecule has 1 fully saturated rings. The Morgan fingerprint density at radius 1 is 0.943 bits per heavy atom. The van der Waals surface area contributed by atoms with Crippen molar-refractivity contribution in [3.8, 4) is 0 Å². The van der Waals surface area contributed by atoms with Crippen molar-refractivity contribution >= 4 is 11.8 Å². The zero-order chi connectivity index (χ0) is 24.8. The number of halogens is 2. The highest BCUT2D eigenvalue weighted by Gasteiger charge is 2.22. The fourth-order valence-corrected chi connectivity index (χ4v) is 4.39. The van der Waals surface area contributed by atoms with Crippen LogP contribution < -0.4 is 4.90 Å². The predicted octanol–water partition coefficient (Wildman–Crippen LogP) is 4.40. The molecule has 1 N–H and O–H groups in total. The lowest BCUT2D eigenvalue weighted by Gasteiger charge is -2.35. The molecule has 4 rings (SSSR count). The summed E-state index contributed by atoms with van der Waals surface area (Å²) in [6.45, 7) is 7.36. The van der Waals surface area contributed by atoms with Gasteiger partial charge in [0.1, 0.15) is 23.0 Å². The highest BCUT2D eigenvalue weighted by atomic mass is 19.1. The summed E-state index contributed by atoms with van der Waals surface area (Å²) in [6, 6.07) is 15.5. The number of hydrogen-bond acceptors (Lipinski definition) is 5. The summed E-state index contributed by atoms with van der Waals surface area (Å²) in [5.41, 5.74) is 2.62. The molecule has 0 amide bonds. The minimum Gasteiger partial charge on any atom is -0.478 e. The van der Waals surface area contributed by atoms with Crippen molar-refractivity contribution in [2.45, 2.75) is 26.6 Å². The molecular formula is C27H30F2N4O2. The van der Waals surface area contributed by atoms with Gasteiger partial charge in [-0.05, 0) is 41.9 Å². The molecule has 35 heavy (non-hydrogen) atoms. The highest BCUT2D eigenvalue weighted by Crippen LogP contribution is 2.20. The molecule has 0 spiro atoms. The van der Waals surface area contributed by atoms with Crippen LogP contribution in [-0.4, -0.2) is 58.6 Å². The molecule has 3 aromatic rings. The van der Waals surface area contributed by atoms with E-state index in [0.29, 0.717) is 32.0 Å². The lowest BCUT2D eigenvalue weighted by Crippen LogP contribution is -2.46. The third kappa shape index (κ3) is 6.21. The normalized spacial score (nSPS) is 14.5. The molecule has 0 aliphatic carbocycles. The number of hydrogen-bond donors (Lipinski definition) is 1. The number of carboxylic acid groups (broad SMARTS) is 1. The summed E-state index contributed by atoms with van der Waals surface area (Å²) in [6.07, 6.45) is 1.63. The van der Waals surface area contributed by atoms with Crippen LogP contribution in [0.15, 0.2) is 60.8 Å². The van der Waals surface area contributed by atoms with Crippen LogP contribution in [0.2, 0.25) is 0 Å². The molecule has 0 bridgehead atoms. The lowest BCUT2D eigenvalue weighted by molar-refractivity contribution is 0.0697. The molecule has 0 saturated carbocycles. The predicted molar refractivity (Wildman–Crippen MR) is 131 cm³/mol. The monoisotopic (exact) mass is 480 g/mol. The molecule has 1 aliphatic heterocycles. The first-order chi connectivity index (χ1) is 16.9. The van der Waals surface area contributed by atoms with E-state index in [9.17, 15) is 18.7 Å². The van der Waals surface area contributed by atoms with Gasteiger partial charge in [0, 0.05) is 57.6 Å². The van der Waals surface area contributed by atoms with Crippen LogP contribution in [0.25, 0.3) is 0 Å². The SMILES string of the molecule is CCN(Cc1ccc(CN2CCN(c3ncccc3C(=O)O)CC2)cc1)Cc1c(F)cccc1F. The molecule has 0 radical (unpaired) electrons. The van der Waals surface area contributed by atoms with Crippen LogP contribution in [0.3, 0.4) is 0 Å². The first-order valence-electron chi connectivity index (χ1n) is 11.8. The molecule has 2 aromatic carbocycles. The van der Waals surface area contributed by atoms with E-state index in [4.69, 9.17) is 0 Å². The van der Waals surface area contributed by atoms with Crippen LogP contribution in [0, 0.1) is 11.6 Å². The molecule has 2 heterocycles. The Morgan fingerprint density at radius 3 is 2.23 bits per heavy atom. The van der Waals surface area contributed by atoms with Crippen molar-refractivity contribution < 1.29 is 18.7 Å². The standard InChI is InChI=1S/C27H30F2N4O2/c1-2-31(19-23-24(28)6-3-7-25(23)29)17-20-8-10-21(11-9-20)18-32-13-15-33(16-14-32)26-22(27(34)35)5-4-12-30-26/h3-12H,2,13-19H2,1H3,(H,34,35). The maximum Gasteiger partial charge on any atom is 0.339 e. The Morgan fingerprint density at radius 2 is 1.60 bits per heavy atom. The van der Waals surface area contributed by atoms with Crippen molar-refractivity contribution in [2.24, 2.45) is 0 Å². The minimum atomic E-state index is -0.962. The zero-order valence-corrected chi connectivity index (χ0v) is 19.8. The summed E-state index contributed by atoms with van der Waals surface area (Å²) in [4.78, 5) is 22.2. The van der Waals surface area contributed by atoms with Crippen LogP contribution >= 0.6 is 0 Å². The Bertz CT molecular complexity index is 1130. The summed E-state index contributed by atoms with van der Waals surface area (Å²) in [5.74, 6) is -1.46. The van der Waals surface area contributed by atoms with Crippen molar-refractivity contribution in [1.29, 1.82) is 0 Å². The van der Waals surface area contributed by atoms with Gasteiger partial charge >= 0.3 is 5.97 Å². The first kappa shape index (κ1) is 24.8. The number of carbonyl (C=O) groups is 1. The van der Waals surface area contributed by atoms with Gasteiger partial charge in [0.2, 0.25) is 0 Å². The maximum absolute atomic E-state index is 14.0. The van der Waals surface area contributed by atoms with E-state index < -0.39 is 17.6 Å². The number of nitrogens with zero attached hydrogens (tertiary/aromatic N) is 4. The molecule has 0 unspecified atom stereocenters. The average Bonchev–Trinajstić information content (AvgIpc) is 2.87. The Hall–Kier alpha value is -3.36. The first-order valence-corrected chi connectivity index (χ1v) is 11.8. The number of benzene rings is 2. The number of anilines is 1. The Balaban J connectivity index is 1.31. The van der Waals surface area contributed by atoms with Crippen LogP contribution in [0.1, 0.15) is 34.0 Å². The number of piperazine rings is 1. The highest BCUT2D eigenvalue weighted by molar-refractivity contribution is 5.93. The Kier molecular flexibility index (Phi) is 8.05. The molecular weight excluding hydrogens is 450 g/mol. The quantitative estimate of drug-likeness (QED) is 0.490. The van der Waals surface area contributed by atoms with Gasteiger partial charge in [0.25, 0.3) is 0 Å². The van der Waals surface area contributed by atoms with Crippen molar-refractivity contribution in [3.63, 3.8) is 0 Å². The zero-order valence-electron chi connectivity index (χ0n) is 19.8. The summed E-state index contributed by atoms with van der Waals surface area (Å²) < 4.78 is 28.1. The summed E-state index contributed by atoms with van der Waals surface area (Å²) in [7, 11) is 0. The third-order valence-corrected chi connectivity index (χ3v) is 6.41. The fraction of sp³-hybridized carbons (Fsp3) is 0.333. The van der Waals surface area contributed by atoms with Crippen LogP contribution in [-0.2, 0) is 19.6 Å². The third-order valence-electron chi connectivity index (χ3n) is 6.41. The number of carboxylic acids is 1. The largest absolute Gasteiger partial charge is 0.478 e. The second kappa shape index (κ2) is 11.4. The molecule has 1 saturated heterocycles. The topological polar surface area (TPSA) is 59.9 Å². The van der Waals surface area contributed by atoms with Crippen molar-refractivity contribution in [1.82, 2.24) is 14.8 Å². The van der Waals surface area contributed by atoms with E-state index >= 15 is 0 Å². The number of aromatic nitrogens is 1. The molecule has 8 heteroatoms. The van der Waals surface area contributed by atoms with Gasteiger partial charge in [-0.1, -0.05) is 37.3 Å². The second-order valence-electron chi connectivity index (χ2n) is 8.76. The molecule has 1 aliphatic rings. The lowest BCUT2D eigenvalue weighted by atomic mass is 10.1. The van der Waals surface area contributed by atoms with Gasteiger partial charge in [0.05, 0.1) is 0 Å². The van der Waals surface area contributed by atoms with Gasteiger partial charge in [-0.15, -0.1) is 0 Å². The van der Waals surface area contributed by atoms with Crippen LogP contribution in [0.4, 0.5) is 14.6 Å². The number of pyridine rings is 1. The summed E-state index contributed by atoms with van der Waals surface area (Å²) >= 11 is 0. The van der Waals surface area contributed by atoms with Crippen molar-refractivity contribution in [3.05, 3.63) is 94.7 Å². The van der Waals surface area contributed by atoms with Gasteiger partial charge in [-0.3, -0.25) is 9.80 Å². The van der Waals surface area contributed by atoms with Gasteiger partial charge in [0.15, 0.2) is 0 Å². The minimum absolute atomic E-state index is 0.103. The van der Waals surface area contributed by atoms with Gasteiger partial charge < -0.3 is 10.0 Å². The fourth-order valence-electron chi connectivity index (χ4n) is 4.39. The molecule has 1 aromatic heterocycles. The Labute approximate surface area is 204 Å². The summed E-state index contributed by atoms with van der Waals surface area (Å²) in [5, 5.41) is 9.42. The molecule has 0 atom stereocenters. The number of rotatable bonds is 9. The van der Waals surface area contributed by atoms with E-state index in [0.717, 1.165) is 25.2 Å². The average molecular weight is 481 g/mol. The second-order valence-corrected chi connectivity index (χ2v) is 8.76. The van der Waals surface area contributed by atoms with Gasteiger partial charge in [-0.2, -0.15) is 0 Å². The van der Waals surface area contributed by atoms with E-state index in [1.54, 1.807) is 18.3 Å². The van der Waals surface area contributed by atoms with E-state index in [-0.39, 0.29) is 17.7 Å². The molecule has 184 valence electrons. The van der Waals surface area contributed by atoms with E-state index in [1.165, 1.54) is 23.8 Å². The van der Waals surface area contributed by atoms with E-state index in [2.05, 4.69) is 34.1 Å². The maximum atomic E-state index is 14.0. The van der Waals surface area contributed by atoms with Crippen molar-refractivity contribution in [2.75, 3.05) is 37.6 Å². The van der Waals surface area contributed by atoms with Crippen LogP contribution in [0.5, 0.6) is 0 Å². The smallest absolute Gasteiger partial charge is 0.339 e. The number of aromatic carboxylic acids is 1. The molecule has 6 nitrogen and oxygen atoms in total. The van der Waals surface area contributed by atoms with Gasteiger partial charge in [-0.25, -0.2) is 18.6 Å².